The molecule has 0 aromatic carbocycles. The number of unbranched alkanes of at least 4 members (excludes halogenated alkanes) is 1. The van der Waals surface area contributed by atoms with E-state index in [1.54, 1.807) is 0 Å². The van der Waals surface area contributed by atoms with Crippen LogP contribution >= 0.6 is 0 Å². The van der Waals surface area contributed by atoms with Crippen LogP contribution in [0.25, 0.3) is 0 Å². The number of hydrogen-bond donors (Lipinski definition) is 1. The Hall–Kier alpha value is -1.96. The van der Waals surface area contributed by atoms with Gasteiger partial charge in [-0.3, -0.25) is 0 Å². The van der Waals surface area contributed by atoms with Crippen LogP contribution in [0.1, 0.15) is 32.6 Å². The van der Waals surface area contributed by atoms with Crippen molar-refractivity contribution in [3.8, 4) is 12.3 Å². The van der Waals surface area contributed by atoms with Gasteiger partial charge < -0.3 is 14.7 Å². The Bertz CT molecular complexity index is 392. The van der Waals surface area contributed by atoms with Gasteiger partial charge in [-0.15, -0.1) is 12.3 Å². The number of hydrogen-bond acceptors (Lipinski definition) is 4. The Kier molecular flexibility index (Phi) is 5.78. The van der Waals surface area contributed by atoms with Crippen LogP contribution in [0, 0.1) is 12.3 Å². The number of ether oxygens (including phenoxy) is 1. The fraction of sp³-hybridized carbons (Fsp3) is 0.538. The van der Waals surface area contributed by atoms with E-state index < -0.39 is 5.97 Å². The fourth-order valence-electron chi connectivity index (χ4n) is 1.48. The number of rotatable bonds is 7. The van der Waals surface area contributed by atoms with Gasteiger partial charge in [0.05, 0.1) is 12.4 Å². The van der Waals surface area contributed by atoms with Crippen molar-refractivity contribution in [3.05, 3.63) is 11.8 Å². The van der Waals surface area contributed by atoms with Crippen molar-refractivity contribution in [2.75, 3.05) is 6.61 Å². The highest BCUT2D eigenvalue weighted by atomic mass is 16.6. The van der Waals surface area contributed by atoms with Crippen LogP contribution in [0.4, 0.5) is 0 Å². The highest BCUT2D eigenvalue weighted by molar-refractivity contribution is 6.35. The third kappa shape index (κ3) is 4.91. The molecule has 0 spiro atoms. The molecule has 0 saturated carbocycles. The third-order valence-electron chi connectivity index (χ3n) is 2.47. The normalized spacial score (nSPS) is 18.8. The summed E-state index contributed by atoms with van der Waals surface area (Å²) in [5, 5.41) is 12.2. The SMILES string of the molecule is C#CCC/C=C(\C)OCCC1CC(C(=O)O)=NO1. The minimum Gasteiger partial charge on any atom is -0.498 e. The summed E-state index contributed by atoms with van der Waals surface area (Å²) in [6.45, 7) is 2.34. The number of nitrogens with zero attached hydrogens (tertiary/aromatic N) is 1. The molecule has 5 nitrogen and oxygen atoms in total. The molecule has 18 heavy (non-hydrogen) atoms. The smallest absolute Gasteiger partial charge is 0.353 e. The summed E-state index contributed by atoms with van der Waals surface area (Å²) < 4.78 is 5.46. The Morgan fingerprint density at radius 2 is 2.56 bits per heavy atom. The summed E-state index contributed by atoms with van der Waals surface area (Å²) in [6.07, 6.45) is 9.32. The molecule has 0 fully saturated rings. The number of carboxylic acids is 1. The Morgan fingerprint density at radius 1 is 1.78 bits per heavy atom. The van der Waals surface area contributed by atoms with Crippen LogP contribution in [0.2, 0.25) is 0 Å². The average Bonchev–Trinajstić information content (AvgIpc) is 2.78. The quantitative estimate of drug-likeness (QED) is 0.426. The number of aliphatic carboxylic acids is 1. The molecule has 0 aromatic rings. The zero-order valence-electron chi connectivity index (χ0n) is 10.4. The molecule has 0 radical (unpaired) electrons. The van der Waals surface area contributed by atoms with Gasteiger partial charge in [0.2, 0.25) is 0 Å². The van der Waals surface area contributed by atoms with E-state index in [0.29, 0.717) is 25.9 Å². The first-order valence-electron chi connectivity index (χ1n) is 5.82. The van der Waals surface area contributed by atoms with E-state index in [4.69, 9.17) is 21.1 Å². The van der Waals surface area contributed by atoms with Crippen LogP contribution in [-0.2, 0) is 14.4 Å². The first-order chi connectivity index (χ1) is 8.63. The van der Waals surface area contributed by atoms with Crippen molar-refractivity contribution in [1.82, 2.24) is 0 Å². The first-order valence-corrected chi connectivity index (χ1v) is 5.82. The number of carboxylic acid groups (broad SMARTS) is 1. The lowest BCUT2D eigenvalue weighted by Gasteiger charge is -2.09. The summed E-state index contributed by atoms with van der Waals surface area (Å²) >= 11 is 0. The van der Waals surface area contributed by atoms with Crippen LogP contribution in [0.5, 0.6) is 0 Å². The predicted molar refractivity (Wildman–Crippen MR) is 67.0 cm³/mol. The zero-order chi connectivity index (χ0) is 13.4. The Labute approximate surface area is 106 Å². The standard InChI is InChI=1S/C13H17NO4/c1-3-4-5-6-10(2)17-8-7-11-9-12(13(15)16)14-18-11/h1,6,11H,4-5,7-9H2,2H3,(H,15,16)/b10-6+. The lowest BCUT2D eigenvalue weighted by atomic mass is 10.1. The molecule has 0 aliphatic carbocycles. The van der Waals surface area contributed by atoms with Crippen molar-refractivity contribution in [2.45, 2.75) is 38.7 Å². The second-order valence-corrected chi connectivity index (χ2v) is 3.97. The monoisotopic (exact) mass is 251 g/mol. The van der Waals surface area contributed by atoms with E-state index in [-0.39, 0.29) is 11.8 Å². The summed E-state index contributed by atoms with van der Waals surface area (Å²) in [4.78, 5) is 15.6. The van der Waals surface area contributed by atoms with Crippen molar-refractivity contribution in [2.24, 2.45) is 5.16 Å². The number of oxime groups is 1. The van der Waals surface area contributed by atoms with Crippen molar-refractivity contribution in [1.29, 1.82) is 0 Å². The maximum Gasteiger partial charge on any atom is 0.353 e. The van der Waals surface area contributed by atoms with Gasteiger partial charge in [0.25, 0.3) is 0 Å². The van der Waals surface area contributed by atoms with Gasteiger partial charge in [-0.1, -0.05) is 5.16 Å². The molecular weight excluding hydrogens is 234 g/mol. The predicted octanol–water partition coefficient (Wildman–Crippen LogP) is 1.94. The highest BCUT2D eigenvalue weighted by Gasteiger charge is 2.25. The molecular formula is C13H17NO4. The van der Waals surface area contributed by atoms with Crippen molar-refractivity contribution >= 4 is 11.7 Å². The minimum absolute atomic E-state index is 0.0706. The maximum absolute atomic E-state index is 10.6. The number of carbonyl (C=O) groups is 1. The van der Waals surface area contributed by atoms with Crippen molar-refractivity contribution in [3.63, 3.8) is 0 Å². The van der Waals surface area contributed by atoms with Crippen molar-refractivity contribution < 1.29 is 19.5 Å². The lowest BCUT2D eigenvalue weighted by molar-refractivity contribution is -0.129. The molecule has 1 atom stereocenters. The van der Waals surface area contributed by atoms with Gasteiger partial charge in [-0.05, 0) is 19.4 Å². The molecule has 1 rings (SSSR count). The van der Waals surface area contributed by atoms with Gasteiger partial charge in [-0.2, -0.15) is 0 Å². The lowest BCUT2D eigenvalue weighted by Crippen LogP contribution is -2.15. The Balaban J connectivity index is 2.15. The summed E-state index contributed by atoms with van der Waals surface area (Å²) in [5.41, 5.74) is 0.0706. The summed E-state index contributed by atoms with van der Waals surface area (Å²) in [7, 11) is 0. The molecule has 98 valence electrons. The Morgan fingerprint density at radius 3 is 3.17 bits per heavy atom. The molecule has 1 heterocycles. The van der Waals surface area contributed by atoms with Crippen LogP contribution in [-0.4, -0.2) is 29.5 Å². The van der Waals surface area contributed by atoms with Gasteiger partial charge in [0, 0.05) is 19.3 Å². The van der Waals surface area contributed by atoms with Crippen LogP contribution in [0.15, 0.2) is 17.0 Å². The molecule has 0 amide bonds. The van der Waals surface area contributed by atoms with Gasteiger partial charge in [0.1, 0.15) is 6.10 Å². The second kappa shape index (κ2) is 7.38. The molecule has 1 N–H and O–H groups in total. The van der Waals surface area contributed by atoms with Crippen LogP contribution < -0.4 is 0 Å². The van der Waals surface area contributed by atoms with E-state index in [2.05, 4.69) is 11.1 Å². The molecule has 0 saturated heterocycles. The molecule has 1 aliphatic heterocycles. The van der Waals surface area contributed by atoms with Gasteiger partial charge in [0.15, 0.2) is 5.71 Å². The van der Waals surface area contributed by atoms with Gasteiger partial charge >= 0.3 is 5.97 Å². The van der Waals surface area contributed by atoms with E-state index in [1.165, 1.54) is 0 Å². The number of allylic oxidation sites excluding steroid dienone is 2. The summed E-state index contributed by atoms with van der Waals surface area (Å²) in [5.74, 6) is 2.35. The summed E-state index contributed by atoms with van der Waals surface area (Å²) in [6, 6.07) is 0. The third-order valence-corrected chi connectivity index (χ3v) is 2.47. The van der Waals surface area contributed by atoms with E-state index in [0.717, 1.165) is 12.2 Å². The fourth-order valence-corrected chi connectivity index (χ4v) is 1.48. The molecule has 1 aliphatic rings. The first kappa shape index (κ1) is 14.1. The topological polar surface area (TPSA) is 68.1 Å². The highest BCUT2D eigenvalue weighted by Crippen LogP contribution is 2.14. The molecule has 0 aromatic heterocycles. The molecule has 1 unspecified atom stereocenters. The average molecular weight is 251 g/mol. The molecule has 5 heteroatoms. The van der Waals surface area contributed by atoms with E-state index in [9.17, 15) is 4.79 Å². The van der Waals surface area contributed by atoms with Crippen LogP contribution in [0.3, 0.4) is 0 Å². The number of terminal acetylenes is 1. The largest absolute Gasteiger partial charge is 0.498 e. The molecule has 0 bridgehead atoms. The van der Waals surface area contributed by atoms with E-state index in [1.807, 2.05) is 13.0 Å². The minimum atomic E-state index is -1.02. The zero-order valence-corrected chi connectivity index (χ0v) is 10.4. The van der Waals surface area contributed by atoms with Gasteiger partial charge in [-0.25, -0.2) is 4.79 Å². The van der Waals surface area contributed by atoms with E-state index >= 15 is 0 Å². The second-order valence-electron chi connectivity index (χ2n) is 3.97. The maximum atomic E-state index is 10.6.